The number of halogens is 3. The van der Waals surface area contributed by atoms with Gasteiger partial charge in [-0.15, -0.1) is 0 Å². The van der Waals surface area contributed by atoms with Gasteiger partial charge in [0.15, 0.2) is 0 Å². The maximum atomic E-state index is 12.5. The summed E-state index contributed by atoms with van der Waals surface area (Å²) in [5.41, 5.74) is -0.348. The molecular formula is C17H13F3N2O2S. The van der Waals surface area contributed by atoms with Crippen LogP contribution in [0.1, 0.15) is 11.1 Å². The molecule has 0 atom stereocenters. The van der Waals surface area contributed by atoms with Crippen LogP contribution in [0.4, 0.5) is 13.2 Å². The lowest BCUT2D eigenvalue weighted by Crippen LogP contribution is -2.23. The highest BCUT2D eigenvalue weighted by molar-refractivity contribution is 7.89. The summed E-state index contributed by atoms with van der Waals surface area (Å²) in [6, 6.07) is 10.8. The van der Waals surface area contributed by atoms with E-state index in [0.717, 1.165) is 12.1 Å². The van der Waals surface area contributed by atoms with Gasteiger partial charge in [0, 0.05) is 29.7 Å². The van der Waals surface area contributed by atoms with E-state index >= 15 is 0 Å². The second kappa shape index (κ2) is 6.45. The fourth-order valence-electron chi connectivity index (χ4n) is 2.39. The molecule has 0 unspecified atom stereocenters. The number of hydrogen-bond acceptors (Lipinski definition) is 3. The quantitative estimate of drug-likeness (QED) is 0.765. The summed E-state index contributed by atoms with van der Waals surface area (Å²) < 4.78 is 65.1. The Morgan fingerprint density at radius 2 is 1.72 bits per heavy atom. The molecule has 2 aromatic carbocycles. The third kappa shape index (κ3) is 3.80. The average Bonchev–Trinajstić information content (AvgIpc) is 2.59. The van der Waals surface area contributed by atoms with Crippen molar-refractivity contribution < 1.29 is 21.6 Å². The Kier molecular flexibility index (Phi) is 4.49. The van der Waals surface area contributed by atoms with Gasteiger partial charge < -0.3 is 0 Å². The number of nitrogens with zero attached hydrogens (tertiary/aromatic N) is 1. The molecule has 0 aliphatic rings. The summed E-state index contributed by atoms with van der Waals surface area (Å²) >= 11 is 0. The minimum absolute atomic E-state index is 0.0966. The highest BCUT2D eigenvalue weighted by Crippen LogP contribution is 2.29. The molecule has 0 amide bonds. The Hall–Kier alpha value is -2.45. The molecular weight excluding hydrogens is 353 g/mol. The maximum Gasteiger partial charge on any atom is 0.416 e. The molecule has 25 heavy (non-hydrogen) atoms. The Balaban J connectivity index is 1.82. The Morgan fingerprint density at radius 3 is 2.40 bits per heavy atom. The first-order valence-electron chi connectivity index (χ1n) is 7.26. The highest BCUT2D eigenvalue weighted by atomic mass is 32.2. The largest absolute Gasteiger partial charge is 0.416 e. The van der Waals surface area contributed by atoms with E-state index in [9.17, 15) is 21.6 Å². The van der Waals surface area contributed by atoms with Crippen molar-refractivity contribution in [1.29, 1.82) is 0 Å². The molecule has 0 saturated carbocycles. The topological polar surface area (TPSA) is 59.1 Å². The molecule has 0 spiro atoms. The Morgan fingerprint density at radius 1 is 1.00 bits per heavy atom. The van der Waals surface area contributed by atoms with Crippen LogP contribution >= 0.6 is 0 Å². The fourth-order valence-corrected chi connectivity index (χ4v) is 3.64. The molecule has 1 aromatic heterocycles. The number of fused-ring (bicyclic) bond motifs is 1. The van der Waals surface area contributed by atoms with Gasteiger partial charge in [-0.1, -0.05) is 24.3 Å². The summed E-state index contributed by atoms with van der Waals surface area (Å²) in [7, 11) is -3.82. The standard InChI is InChI=1S/C17H13F3N2O2S/c18-17(19,20)14-6-4-12(5-7-14)10-22-25(23,24)16-3-1-2-13-11-21-9-8-15(13)16/h1-9,11,22H,10H2. The fraction of sp³-hybridized carbons (Fsp3) is 0.118. The molecule has 3 rings (SSSR count). The van der Waals surface area contributed by atoms with E-state index in [2.05, 4.69) is 9.71 Å². The zero-order valence-electron chi connectivity index (χ0n) is 12.8. The molecule has 1 N–H and O–H groups in total. The minimum Gasteiger partial charge on any atom is -0.264 e. The molecule has 1 heterocycles. The van der Waals surface area contributed by atoms with Gasteiger partial charge in [-0.3, -0.25) is 4.98 Å². The normalized spacial score (nSPS) is 12.4. The number of aromatic nitrogens is 1. The van der Waals surface area contributed by atoms with Crippen molar-refractivity contribution in [3.63, 3.8) is 0 Å². The van der Waals surface area contributed by atoms with Crippen LogP contribution in [-0.4, -0.2) is 13.4 Å². The zero-order chi connectivity index (χ0) is 18.1. The number of pyridine rings is 1. The van der Waals surface area contributed by atoms with Crippen LogP contribution in [0.3, 0.4) is 0 Å². The summed E-state index contributed by atoms with van der Waals surface area (Å²) in [5.74, 6) is 0. The van der Waals surface area contributed by atoms with Crippen LogP contribution in [0.25, 0.3) is 10.8 Å². The van der Waals surface area contributed by atoms with Crippen molar-refractivity contribution in [1.82, 2.24) is 9.71 Å². The van der Waals surface area contributed by atoms with Gasteiger partial charge in [0.25, 0.3) is 0 Å². The summed E-state index contributed by atoms with van der Waals surface area (Å²) in [5, 5.41) is 1.21. The van der Waals surface area contributed by atoms with Gasteiger partial charge in [-0.25, -0.2) is 13.1 Å². The van der Waals surface area contributed by atoms with Crippen LogP contribution in [0.5, 0.6) is 0 Å². The predicted molar refractivity (Wildman–Crippen MR) is 87.2 cm³/mol. The van der Waals surface area contributed by atoms with Gasteiger partial charge in [0.1, 0.15) is 0 Å². The van der Waals surface area contributed by atoms with Crippen molar-refractivity contribution in [2.24, 2.45) is 0 Å². The van der Waals surface area contributed by atoms with E-state index in [-0.39, 0.29) is 11.4 Å². The number of alkyl halides is 3. The monoisotopic (exact) mass is 366 g/mol. The first-order chi connectivity index (χ1) is 11.8. The van der Waals surface area contributed by atoms with E-state index in [1.165, 1.54) is 24.4 Å². The average molecular weight is 366 g/mol. The molecule has 0 aliphatic carbocycles. The van der Waals surface area contributed by atoms with E-state index in [4.69, 9.17) is 0 Å². The van der Waals surface area contributed by atoms with E-state index < -0.39 is 21.8 Å². The number of sulfonamides is 1. The van der Waals surface area contributed by atoms with E-state index in [1.807, 2.05) is 0 Å². The van der Waals surface area contributed by atoms with Crippen molar-refractivity contribution in [3.05, 3.63) is 72.1 Å². The van der Waals surface area contributed by atoms with Crippen molar-refractivity contribution in [2.45, 2.75) is 17.6 Å². The molecule has 130 valence electrons. The second-order valence-corrected chi connectivity index (χ2v) is 7.11. The smallest absolute Gasteiger partial charge is 0.264 e. The van der Waals surface area contributed by atoms with E-state index in [1.54, 1.807) is 24.4 Å². The molecule has 0 aliphatic heterocycles. The van der Waals surface area contributed by atoms with Crippen LogP contribution in [0.2, 0.25) is 0 Å². The van der Waals surface area contributed by atoms with Gasteiger partial charge in [0.2, 0.25) is 10.0 Å². The third-order valence-corrected chi connectivity index (χ3v) is 5.14. The third-order valence-electron chi connectivity index (χ3n) is 3.68. The first kappa shape index (κ1) is 17.4. The van der Waals surface area contributed by atoms with Gasteiger partial charge >= 0.3 is 6.18 Å². The predicted octanol–water partition coefficient (Wildman–Crippen LogP) is 3.73. The molecule has 0 fully saturated rings. The zero-order valence-corrected chi connectivity index (χ0v) is 13.6. The molecule has 0 radical (unpaired) electrons. The summed E-state index contributed by atoms with van der Waals surface area (Å²) in [6.45, 7) is -0.109. The van der Waals surface area contributed by atoms with Crippen molar-refractivity contribution in [3.8, 4) is 0 Å². The number of benzene rings is 2. The second-order valence-electron chi connectivity index (χ2n) is 5.37. The Bertz CT molecular complexity index is 995. The molecule has 0 bridgehead atoms. The minimum atomic E-state index is -4.42. The molecule has 3 aromatic rings. The lowest BCUT2D eigenvalue weighted by Gasteiger charge is -2.10. The lowest BCUT2D eigenvalue weighted by molar-refractivity contribution is -0.137. The van der Waals surface area contributed by atoms with Gasteiger partial charge in [-0.05, 0) is 29.8 Å². The maximum absolute atomic E-state index is 12.5. The van der Waals surface area contributed by atoms with Crippen molar-refractivity contribution in [2.75, 3.05) is 0 Å². The number of rotatable bonds is 4. The van der Waals surface area contributed by atoms with Crippen LogP contribution in [0.15, 0.2) is 65.8 Å². The number of nitrogens with one attached hydrogen (secondary N) is 1. The summed E-state index contributed by atoms with van der Waals surface area (Å²) in [6.07, 6.45) is -1.36. The highest BCUT2D eigenvalue weighted by Gasteiger charge is 2.30. The van der Waals surface area contributed by atoms with E-state index in [0.29, 0.717) is 16.3 Å². The van der Waals surface area contributed by atoms with Gasteiger partial charge in [-0.2, -0.15) is 13.2 Å². The van der Waals surface area contributed by atoms with Crippen LogP contribution in [-0.2, 0) is 22.7 Å². The lowest BCUT2D eigenvalue weighted by atomic mass is 10.1. The number of hydrogen-bond donors (Lipinski definition) is 1. The summed E-state index contributed by atoms with van der Waals surface area (Å²) in [4.78, 5) is 4.05. The van der Waals surface area contributed by atoms with Crippen LogP contribution in [0, 0.1) is 0 Å². The molecule has 4 nitrogen and oxygen atoms in total. The van der Waals surface area contributed by atoms with Gasteiger partial charge in [0.05, 0.1) is 10.5 Å². The van der Waals surface area contributed by atoms with Crippen LogP contribution < -0.4 is 4.72 Å². The first-order valence-corrected chi connectivity index (χ1v) is 8.74. The SMILES string of the molecule is O=S(=O)(NCc1ccc(C(F)(F)F)cc1)c1cccc2cnccc12. The Labute approximate surface area is 142 Å². The molecule has 8 heteroatoms. The molecule has 0 saturated heterocycles. The van der Waals surface area contributed by atoms with Crippen molar-refractivity contribution >= 4 is 20.8 Å².